The van der Waals surface area contributed by atoms with Gasteiger partial charge in [-0.05, 0) is 17.2 Å². The Bertz CT molecular complexity index is 492. The highest BCUT2D eigenvalue weighted by Crippen LogP contribution is 2.25. The number of amides is 1. The summed E-state index contributed by atoms with van der Waals surface area (Å²) < 4.78 is 0. The molecular formula is C16H15NO. The molecule has 0 aliphatic carbocycles. The molecule has 0 heterocycles. The second-order valence-corrected chi connectivity index (χ2v) is 4.06. The minimum absolute atomic E-state index is 0.0555. The van der Waals surface area contributed by atoms with Gasteiger partial charge < -0.3 is 5.73 Å². The highest BCUT2D eigenvalue weighted by molar-refractivity contribution is 5.86. The summed E-state index contributed by atoms with van der Waals surface area (Å²) in [7, 11) is 0. The molecule has 0 saturated heterocycles. The molecule has 2 aromatic carbocycles. The quantitative estimate of drug-likeness (QED) is 0.816. The second-order valence-electron chi connectivity index (χ2n) is 4.06. The molecule has 0 saturated carbocycles. The lowest BCUT2D eigenvalue weighted by Gasteiger charge is -2.13. The van der Waals surface area contributed by atoms with Gasteiger partial charge in [0.15, 0.2) is 0 Å². The summed E-state index contributed by atoms with van der Waals surface area (Å²) in [4.78, 5) is 10.9. The van der Waals surface area contributed by atoms with Gasteiger partial charge in [0.2, 0.25) is 5.91 Å². The first-order valence-corrected chi connectivity index (χ1v) is 5.85. The van der Waals surface area contributed by atoms with Crippen molar-refractivity contribution in [2.24, 2.45) is 5.73 Å². The van der Waals surface area contributed by atoms with Crippen LogP contribution in [-0.2, 0) is 4.79 Å². The van der Waals surface area contributed by atoms with Crippen LogP contribution < -0.4 is 5.73 Å². The zero-order chi connectivity index (χ0) is 12.8. The van der Waals surface area contributed by atoms with Gasteiger partial charge in [0.1, 0.15) is 0 Å². The maximum absolute atomic E-state index is 10.9. The fourth-order valence-electron chi connectivity index (χ4n) is 1.93. The average molecular weight is 237 g/mol. The molecule has 2 aromatic rings. The van der Waals surface area contributed by atoms with Crippen molar-refractivity contribution < 1.29 is 4.79 Å². The third kappa shape index (κ3) is 3.08. The summed E-state index contributed by atoms with van der Waals surface area (Å²) in [6.45, 7) is 0. The predicted octanol–water partition coefficient (Wildman–Crippen LogP) is 2.86. The van der Waals surface area contributed by atoms with Gasteiger partial charge in [0.05, 0.1) is 0 Å². The molecule has 2 heteroatoms. The second kappa shape index (κ2) is 5.82. The highest BCUT2D eigenvalue weighted by Gasteiger charge is 2.09. The van der Waals surface area contributed by atoms with Crippen molar-refractivity contribution in [3.8, 4) is 0 Å². The first-order valence-electron chi connectivity index (χ1n) is 5.85. The number of allylic oxidation sites excluding steroid dienone is 1. The Hall–Kier alpha value is -2.35. The number of primary amides is 1. The Morgan fingerprint density at radius 2 is 1.33 bits per heavy atom. The number of carbonyl (C=O) groups is 1. The molecule has 0 radical (unpaired) electrons. The zero-order valence-corrected chi connectivity index (χ0v) is 9.99. The Morgan fingerprint density at radius 1 is 0.889 bits per heavy atom. The first kappa shape index (κ1) is 12.1. The van der Waals surface area contributed by atoms with Crippen LogP contribution in [0.1, 0.15) is 17.0 Å². The van der Waals surface area contributed by atoms with E-state index in [1.165, 1.54) is 6.08 Å². The van der Waals surface area contributed by atoms with E-state index in [0.29, 0.717) is 0 Å². The Kier molecular flexibility index (Phi) is 3.92. The number of hydrogen-bond acceptors (Lipinski definition) is 1. The van der Waals surface area contributed by atoms with Gasteiger partial charge in [-0.25, -0.2) is 0 Å². The van der Waals surface area contributed by atoms with E-state index in [1.54, 1.807) is 0 Å². The molecule has 0 atom stereocenters. The maximum Gasteiger partial charge on any atom is 0.241 e. The van der Waals surface area contributed by atoms with Crippen molar-refractivity contribution in [1.82, 2.24) is 0 Å². The molecule has 2 nitrogen and oxygen atoms in total. The van der Waals surface area contributed by atoms with E-state index in [4.69, 9.17) is 5.73 Å². The molecule has 0 bridgehead atoms. The minimum Gasteiger partial charge on any atom is -0.366 e. The number of benzene rings is 2. The van der Waals surface area contributed by atoms with E-state index in [9.17, 15) is 4.79 Å². The lowest BCUT2D eigenvalue weighted by atomic mass is 9.91. The Balaban J connectivity index is 2.38. The highest BCUT2D eigenvalue weighted by atomic mass is 16.1. The molecule has 0 aromatic heterocycles. The zero-order valence-electron chi connectivity index (χ0n) is 9.99. The van der Waals surface area contributed by atoms with E-state index in [-0.39, 0.29) is 5.92 Å². The van der Waals surface area contributed by atoms with E-state index >= 15 is 0 Å². The molecule has 0 fully saturated rings. The van der Waals surface area contributed by atoms with E-state index < -0.39 is 5.91 Å². The van der Waals surface area contributed by atoms with E-state index in [2.05, 4.69) is 0 Å². The lowest BCUT2D eigenvalue weighted by Crippen LogP contribution is -2.07. The fourth-order valence-corrected chi connectivity index (χ4v) is 1.93. The number of hydrogen-bond donors (Lipinski definition) is 1. The number of nitrogens with two attached hydrogens (primary N) is 1. The standard InChI is InChI=1S/C16H15NO/c17-16(18)12-11-15(13-7-3-1-4-8-13)14-9-5-2-6-10-14/h1-12,15H,(H2,17,18)/b12-11-. The average Bonchev–Trinajstić information content (AvgIpc) is 2.41. The van der Waals surface area contributed by atoms with Gasteiger partial charge >= 0.3 is 0 Å². The van der Waals surface area contributed by atoms with Gasteiger partial charge in [0.25, 0.3) is 0 Å². The molecule has 0 spiro atoms. The van der Waals surface area contributed by atoms with Crippen LogP contribution in [0.4, 0.5) is 0 Å². The normalized spacial score (nSPS) is 10.9. The van der Waals surface area contributed by atoms with Crippen molar-refractivity contribution >= 4 is 5.91 Å². The van der Waals surface area contributed by atoms with Crippen molar-refractivity contribution in [1.29, 1.82) is 0 Å². The Labute approximate surface area is 107 Å². The molecule has 2 N–H and O–H groups in total. The monoisotopic (exact) mass is 237 g/mol. The maximum atomic E-state index is 10.9. The van der Waals surface area contributed by atoms with Crippen LogP contribution >= 0.6 is 0 Å². The van der Waals surface area contributed by atoms with Gasteiger partial charge in [-0.1, -0.05) is 66.7 Å². The molecule has 90 valence electrons. The van der Waals surface area contributed by atoms with Crippen molar-refractivity contribution in [2.75, 3.05) is 0 Å². The van der Waals surface area contributed by atoms with Crippen molar-refractivity contribution in [2.45, 2.75) is 5.92 Å². The molecule has 0 aliphatic heterocycles. The molecular weight excluding hydrogens is 222 g/mol. The molecule has 0 unspecified atom stereocenters. The Morgan fingerprint density at radius 3 is 1.72 bits per heavy atom. The molecule has 0 aliphatic rings. The van der Waals surface area contributed by atoms with Crippen LogP contribution in [0.2, 0.25) is 0 Å². The van der Waals surface area contributed by atoms with Crippen LogP contribution in [0.15, 0.2) is 72.8 Å². The summed E-state index contributed by atoms with van der Waals surface area (Å²) in [6.07, 6.45) is 3.26. The predicted molar refractivity (Wildman–Crippen MR) is 73.1 cm³/mol. The summed E-state index contributed by atoms with van der Waals surface area (Å²) in [5.74, 6) is -0.369. The molecule has 1 amide bonds. The summed E-state index contributed by atoms with van der Waals surface area (Å²) in [6, 6.07) is 20.1. The van der Waals surface area contributed by atoms with Crippen LogP contribution in [0.25, 0.3) is 0 Å². The summed E-state index contributed by atoms with van der Waals surface area (Å²) in [5, 5.41) is 0. The number of rotatable bonds is 4. The van der Waals surface area contributed by atoms with E-state index in [0.717, 1.165) is 11.1 Å². The van der Waals surface area contributed by atoms with Crippen molar-refractivity contribution in [3.05, 3.63) is 83.9 Å². The van der Waals surface area contributed by atoms with Crippen LogP contribution in [0.5, 0.6) is 0 Å². The molecule has 18 heavy (non-hydrogen) atoms. The topological polar surface area (TPSA) is 43.1 Å². The van der Waals surface area contributed by atoms with Gasteiger partial charge in [-0.15, -0.1) is 0 Å². The van der Waals surface area contributed by atoms with Gasteiger partial charge in [0, 0.05) is 5.92 Å². The minimum atomic E-state index is -0.424. The van der Waals surface area contributed by atoms with Crippen molar-refractivity contribution in [3.63, 3.8) is 0 Å². The largest absolute Gasteiger partial charge is 0.366 e. The lowest BCUT2D eigenvalue weighted by molar-refractivity contribution is -0.113. The first-order chi connectivity index (χ1) is 8.77. The van der Waals surface area contributed by atoms with Crippen LogP contribution in [0.3, 0.4) is 0 Å². The van der Waals surface area contributed by atoms with E-state index in [1.807, 2.05) is 66.7 Å². The molecule has 2 rings (SSSR count). The fraction of sp³-hybridized carbons (Fsp3) is 0.0625. The van der Waals surface area contributed by atoms with Gasteiger partial charge in [-0.3, -0.25) is 4.79 Å². The SMILES string of the molecule is NC(=O)/C=C\C(c1ccccc1)c1ccccc1. The summed E-state index contributed by atoms with van der Waals surface area (Å²) in [5.41, 5.74) is 7.45. The van der Waals surface area contributed by atoms with Crippen LogP contribution in [-0.4, -0.2) is 5.91 Å². The third-order valence-corrected chi connectivity index (χ3v) is 2.77. The van der Waals surface area contributed by atoms with Gasteiger partial charge in [-0.2, -0.15) is 0 Å². The number of carbonyl (C=O) groups excluding carboxylic acids is 1. The summed E-state index contributed by atoms with van der Waals surface area (Å²) >= 11 is 0. The van der Waals surface area contributed by atoms with Crippen LogP contribution in [0, 0.1) is 0 Å². The smallest absolute Gasteiger partial charge is 0.241 e. The third-order valence-electron chi connectivity index (χ3n) is 2.77.